The molecular formula is C24H28N2O3S. The second kappa shape index (κ2) is 10.3. The van der Waals surface area contributed by atoms with Crippen molar-refractivity contribution < 1.29 is 14.3 Å². The lowest BCUT2D eigenvalue weighted by atomic mass is 10.1. The zero-order valence-electron chi connectivity index (χ0n) is 17.9. The van der Waals surface area contributed by atoms with Crippen molar-refractivity contribution in [2.24, 2.45) is 0 Å². The summed E-state index contributed by atoms with van der Waals surface area (Å²) in [6.45, 7) is 7.06. The maximum Gasteiger partial charge on any atom is 0.254 e. The Morgan fingerprint density at radius 2 is 1.93 bits per heavy atom. The van der Waals surface area contributed by atoms with Gasteiger partial charge in [-0.1, -0.05) is 25.1 Å². The largest absolute Gasteiger partial charge is 0.497 e. The molecule has 30 heavy (non-hydrogen) atoms. The molecule has 0 bridgehead atoms. The van der Waals surface area contributed by atoms with Crippen molar-refractivity contribution in [3.05, 3.63) is 75.7 Å². The first-order valence-corrected chi connectivity index (χ1v) is 11.0. The summed E-state index contributed by atoms with van der Waals surface area (Å²) in [7, 11) is 1.60. The first-order valence-electron chi connectivity index (χ1n) is 10.1. The highest BCUT2D eigenvalue weighted by molar-refractivity contribution is 7.09. The summed E-state index contributed by atoms with van der Waals surface area (Å²) in [6, 6.07) is 15.3. The van der Waals surface area contributed by atoms with Crippen LogP contribution in [0.3, 0.4) is 0 Å². The van der Waals surface area contributed by atoms with Gasteiger partial charge in [-0.3, -0.25) is 4.79 Å². The zero-order valence-corrected chi connectivity index (χ0v) is 18.7. The molecule has 3 rings (SSSR count). The second-order valence-electron chi connectivity index (χ2n) is 7.26. The predicted octanol–water partition coefficient (Wildman–Crippen LogP) is 5.48. The molecule has 0 saturated heterocycles. The molecule has 6 heteroatoms. The summed E-state index contributed by atoms with van der Waals surface area (Å²) in [5, 5.41) is 2.90. The van der Waals surface area contributed by atoms with Crippen LogP contribution in [0.1, 0.15) is 46.9 Å². The normalized spacial score (nSPS) is 11.7. The van der Waals surface area contributed by atoms with E-state index in [-0.39, 0.29) is 11.9 Å². The van der Waals surface area contributed by atoms with Crippen molar-refractivity contribution in [3.63, 3.8) is 0 Å². The first kappa shape index (κ1) is 21.8. The van der Waals surface area contributed by atoms with Gasteiger partial charge >= 0.3 is 0 Å². The molecule has 1 amide bonds. The zero-order chi connectivity index (χ0) is 21.5. The molecule has 3 aromatic rings. The van der Waals surface area contributed by atoms with E-state index in [4.69, 9.17) is 9.47 Å². The van der Waals surface area contributed by atoms with E-state index in [2.05, 4.69) is 18.8 Å². The number of aryl methyl sites for hydroxylation is 1. The third kappa shape index (κ3) is 5.60. The minimum atomic E-state index is -0.0196. The summed E-state index contributed by atoms with van der Waals surface area (Å²) in [4.78, 5) is 19.7. The number of thiazole rings is 1. The van der Waals surface area contributed by atoms with Crippen molar-refractivity contribution in [2.45, 2.75) is 46.4 Å². The number of hydrogen-bond donors (Lipinski definition) is 0. The number of hydrogen-bond acceptors (Lipinski definition) is 5. The summed E-state index contributed by atoms with van der Waals surface area (Å²) in [5.74, 6) is 1.49. The average Bonchev–Trinajstić information content (AvgIpc) is 3.22. The highest BCUT2D eigenvalue weighted by atomic mass is 32.1. The van der Waals surface area contributed by atoms with Gasteiger partial charge in [-0.25, -0.2) is 4.98 Å². The van der Waals surface area contributed by atoms with Crippen LogP contribution >= 0.6 is 11.3 Å². The van der Waals surface area contributed by atoms with Gasteiger partial charge in [-0.05, 0) is 56.2 Å². The van der Waals surface area contributed by atoms with Crippen molar-refractivity contribution in [2.75, 3.05) is 7.11 Å². The molecule has 1 atom stereocenters. The minimum absolute atomic E-state index is 0.0196. The number of carbonyl (C=O) groups excluding carboxylic acids is 1. The molecule has 0 aliphatic rings. The van der Waals surface area contributed by atoms with Crippen LogP contribution < -0.4 is 9.47 Å². The smallest absolute Gasteiger partial charge is 0.254 e. The molecule has 0 saturated carbocycles. The van der Waals surface area contributed by atoms with E-state index in [1.165, 1.54) is 0 Å². The van der Waals surface area contributed by atoms with Crippen LogP contribution in [0.4, 0.5) is 0 Å². The Kier molecular flexibility index (Phi) is 7.46. The van der Waals surface area contributed by atoms with Gasteiger partial charge in [0.1, 0.15) is 23.1 Å². The van der Waals surface area contributed by atoms with Crippen LogP contribution in [-0.4, -0.2) is 28.9 Å². The van der Waals surface area contributed by atoms with Crippen LogP contribution in [0.2, 0.25) is 0 Å². The standard InChI is InChI=1S/C24H28N2O3S/c1-5-18(3)26(24(27)19-9-7-10-21(13-19)28-4)14-20-16-30-23(25-20)15-29-22-11-6-8-17(2)12-22/h6-13,16,18H,5,14-15H2,1-4H3/t18-/m0/s1. The van der Waals surface area contributed by atoms with Gasteiger partial charge in [0.25, 0.3) is 5.91 Å². The van der Waals surface area contributed by atoms with E-state index in [1.54, 1.807) is 24.5 Å². The minimum Gasteiger partial charge on any atom is -0.497 e. The molecule has 1 heterocycles. The Hall–Kier alpha value is -2.86. The molecule has 0 fully saturated rings. The molecule has 0 unspecified atom stereocenters. The molecule has 0 aliphatic carbocycles. The Bertz CT molecular complexity index is 986. The van der Waals surface area contributed by atoms with Crippen LogP contribution in [0, 0.1) is 6.92 Å². The highest BCUT2D eigenvalue weighted by Gasteiger charge is 2.22. The number of methoxy groups -OCH3 is 1. The topological polar surface area (TPSA) is 51.7 Å². The maximum absolute atomic E-state index is 13.2. The summed E-state index contributed by atoms with van der Waals surface area (Å²) in [6.07, 6.45) is 0.864. The number of rotatable bonds is 9. The van der Waals surface area contributed by atoms with Crippen molar-refractivity contribution in [3.8, 4) is 11.5 Å². The van der Waals surface area contributed by atoms with E-state index in [1.807, 2.05) is 59.7 Å². The fourth-order valence-corrected chi connectivity index (χ4v) is 3.78. The SMILES string of the molecule is CC[C@H](C)N(Cc1csc(COc2cccc(C)c2)n1)C(=O)c1cccc(OC)c1. The number of amides is 1. The van der Waals surface area contributed by atoms with Crippen LogP contribution in [0.5, 0.6) is 11.5 Å². The number of benzene rings is 2. The fraction of sp³-hybridized carbons (Fsp3) is 0.333. The number of nitrogens with zero attached hydrogens (tertiary/aromatic N) is 2. The molecule has 1 aromatic heterocycles. The Morgan fingerprint density at radius 1 is 1.17 bits per heavy atom. The summed E-state index contributed by atoms with van der Waals surface area (Å²) >= 11 is 1.55. The lowest BCUT2D eigenvalue weighted by molar-refractivity contribution is 0.0668. The fourth-order valence-electron chi connectivity index (χ4n) is 3.08. The Balaban J connectivity index is 1.70. The van der Waals surface area contributed by atoms with E-state index in [0.717, 1.165) is 28.4 Å². The average molecular weight is 425 g/mol. The van der Waals surface area contributed by atoms with Gasteiger partial charge < -0.3 is 14.4 Å². The van der Waals surface area contributed by atoms with Crippen LogP contribution in [0.15, 0.2) is 53.9 Å². The lowest BCUT2D eigenvalue weighted by Gasteiger charge is -2.28. The molecule has 0 radical (unpaired) electrons. The number of carbonyl (C=O) groups is 1. The van der Waals surface area contributed by atoms with E-state index >= 15 is 0 Å². The number of aromatic nitrogens is 1. The van der Waals surface area contributed by atoms with E-state index in [0.29, 0.717) is 24.5 Å². The summed E-state index contributed by atoms with van der Waals surface area (Å²) < 4.78 is 11.1. The Labute approximate surface area is 182 Å². The van der Waals surface area contributed by atoms with Gasteiger partial charge in [0.15, 0.2) is 0 Å². The van der Waals surface area contributed by atoms with Crippen LogP contribution in [0.25, 0.3) is 0 Å². The quantitative estimate of drug-likeness (QED) is 0.456. The molecular weight excluding hydrogens is 396 g/mol. The highest BCUT2D eigenvalue weighted by Crippen LogP contribution is 2.21. The van der Waals surface area contributed by atoms with Gasteiger partial charge in [-0.15, -0.1) is 11.3 Å². The van der Waals surface area contributed by atoms with Crippen molar-refractivity contribution >= 4 is 17.2 Å². The van der Waals surface area contributed by atoms with Crippen molar-refractivity contribution in [1.29, 1.82) is 0 Å². The molecule has 2 aromatic carbocycles. The van der Waals surface area contributed by atoms with Gasteiger partial charge in [0.2, 0.25) is 0 Å². The third-order valence-corrected chi connectivity index (χ3v) is 5.86. The van der Waals surface area contributed by atoms with Gasteiger partial charge in [0, 0.05) is 17.0 Å². The first-order chi connectivity index (χ1) is 14.5. The van der Waals surface area contributed by atoms with Crippen molar-refractivity contribution in [1.82, 2.24) is 9.88 Å². The monoisotopic (exact) mass is 424 g/mol. The molecule has 158 valence electrons. The summed E-state index contributed by atoms with van der Waals surface area (Å²) in [5.41, 5.74) is 2.65. The second-order valence-corrected chi connectivity index (χ2v) is 8.20. The van der Waals surface area contributed by atoms with E-state index in [9.17, 15) is 4.79 Å². The van der Waals surface area contributed by atoms with Gasteiger partial charge in [-0.2, -0.15) is 0 Å². The predicted molar refractivity (Wildman–Crippen MR) is 120 cm³/mol. The molecule has 0 N–H and O–H groups in total. The number of ether oxygens (including phenoxy) is 2. The van der Waals surface area contributed by atoms with Gasteiger partial charge in [0.05, 0.1) is 19.3 Å². The molecule has 0 spiro atoms. The molecule has 0 aliphatic heterocycles. The lowest BCUT2D eigenvalue weighted by Crippen LogP contribution is -2.37. The molecule has 5 nitrogen and oxygen atoms in total. The third-order valence-electron chi connectivity index (χ3n) is 4.98. The van der Waals surface area contributed by atoms with E-state index < -0.39 is 0 Å². The maximum atomic E-state index is 13.2. The van der Waals surface area contributed by atoms with Crippen LogP contribution in [-0.2, 0) is 13.2 Å². The Morgan fingerprint density at radius 3 is 2.67 bits per heavy atom.